The summed E-state index contributed by atoms with van der Waals surface area (Å²) in [7, 11) is 1.95. The molecule has 0 amide bonds. The van der Waals surface area contributed by atoms with Gasteiger partial charge < -0.3 is 5.32 Å². The van der Waals surface area contributed by atoms with Crippen LogP contribution in [0.15, 0.2) is 6.20 Å². The summed E-state index contributed by atoms with van der Waals surface area (Å²) in [5.41, 5.74) is 1.14. The monoisotopic (exact) mass is 243 g/mol. The number of rotatable bonds is 5. The first-order valence-electron chi connectivity index (χ1n) is 5.80. The van der Waals surface area contributed by atoms with E-state index in [0.717, 1.165) is 23.7 Å². The van der Waals surface area contributed by atoms with Crippen LogP contribution >= 0.6 is 11.6 Å². The van der Waals surface area contributed by atoms with E-state index in [0.29, 0.717) is 6.04 Å². The largest absolute Gasteiger partial charge is 0.314 e. The third-order valence-corrected chi connectivity index (χ3v) is 3.18. The molecule has 0 aliphatic carbocycles. The van der Waals surface area contributed by atoms with Crippen molar-refractivity contribution in [3.8, 4) is 0 Å². The lowest BCUT2D eigenvalue weighted by Gasteiger charge is -2.29. The summed E-state index contributed by atoms with van der Waals surface area (Å²) in [6.45, 7) is 9.75. The van der Waals surface area contributed by atoms with Crippen molar-refractivity contribution >= 4 is 11.6 Å². The van der Waals surface area contributed by atoms with Gasteiger partial charge in [-0.15, -0.1) is 0 Å². The Morgan fingerprint density at radius 3 is 2.62 bits per heavy atom. The van der Waals surface area contributed by atoms with Gasteiger partial charge in [0.25, 0.3) is 0 Å². The van der Waals surface area contributed by atoms with E-state index in [1.54, 1.807) is 6.20 Å². The van der Waals surface area contributed by atoms with Crippen LogP contribution in [0.1, 0.15) is 39.8 Å². The standard InChI is InChI=1S/C12H22ClN3/c1-6-14-9(2)7-12(3,4)11-10(13)8-15-16(11)5/h8-9,14H,6-7H2,1-5H3. The summed E-state index contributed by atoms with van der Waals surface area (Å²) >= 11 is 6.19. The molecular weight excluding hydrogens is 222 g/mol. The summed E-state index contributed by atoms with van der Waals surface area (Å²) in [5.74, 6) is 0. The molecule has 1 unspecified atom stereocenters. The molecule has 1 heterocycles. The van der Waals surface area contributed by atoms with Gasteiger partial charge in [0.05, 0.1) is 16.9 Å². The zero-order valence-corrected chi connectivity index (χ0v) is 11.6. The van der Waals surface area contributed by atoms with Crippen molar-refractivity contribution < 1.29 is 0 Å². The Kier molecular flexibility index (Phi) is 4.39. The fourth-order valence-electron chi connectivity index (χ4n) is 2.45. The number of aryl methyl sites for hydroxylation is 1. The predicted octanol–water partition coefficient (Wildman–Crippen LogP) is 2.74. The first-order valence-corrected chi connectivity index (χ1v) is 6.17. The molecule has 0 saturated heterocycles. The van der Waals surface area contributed by atoms with E-state index in [4.69, 9.17) is 11.6 Å². The predicted molar refractivity (Wildman–Crippen MR) is 69.0 cm³/mol. The highest BCUT2D eigenvalue weighted by atomic mass is 35.5. The van der Waals surface area contributed by atoms with E-state index >= 15 is 0 Å². The molecule has 0 fully saturated rings. The maximum absolute atomic E-state index is 6.19. The summed E-state index contributed by atoms with van der Waals surface area (Å²) in [5, 5.41) is 8.39. The van der Waals surface area contributed by atoms with Crippen molar-refractivity contribution in [1.29, 1.82) is 0 Å². The molecule has 1 rings (SSSR count). The van der Waals surface area contributed by atoms with E-state index in [9.17, 15) is 0 Å². The average Bonchev–Trinajstić information content (AvgIpc) is 2.45. The number of halogens is 1. The molecule has 0 aliphatic rings. The van der Waals surface area contributed by atoms with Crippen LogP contribution in [0, 0.1) is 0 Å². The molecule has 4 heteroatoms. The molecule has 1 N–H and O–H groups in total. The van der Waals surface area contributed by atoms with Gasteiger partial charge in [-0.05, 0) is 19.9 Å². The zero-order chi connectivity index (χ0) is 12.3. The first-order chi connectivity index (χ1) is 7.38. The van der Waals surface area contributed by atoms with Gasteiger partial charge in [0.1, 0.15) is 0 Å². The molecule has 0 radical (unpaired) electrons. The molecule has 0 aromatic carbocycles. The van der Waals surface area contributed by atoms with E-state index < -0.39 is 0 Å². The first kappa shape index (κ1) is 13.5. The van der Waals surface area contributed by atoms with Crippen molar-refractivity contribution in [2.24, 2.45) is 7.05 Å². The van der Waals surface area contributed by atoms with Crippen molar-refractivity contribution in [2.75, 3.05) is 6.54 Å². The Morgan fingerprint density at radius 2 is 2.19 bits per heavy atom. The number of hydrogen-bond donors (Lipinski definition) is 1. The molecule has 0 bridgehead atoms. The molecule has 0 spiro atoms. The van der Waals surface area contributed by atoms with Crippen molar-refractivity contribution in [3.05, 3.63) is 16.9 Å². The minimum atomic E-state index is 0.0317. The second kappa shape index (κ2) is 5.19. The third-order valence-electron chi connectivity index (χ3n) is 2.90. The molecule has 92 valence electrons. The molecule has 0 saturated carbocycles. The normalized spacial score (nSPS) is 14.1. The second-order valence-corrected chi connectivity index (χ2v) is 5.42. The fourth-order valence-corrected chi connectivity index (χ4v) is 2.88. The minimum Gasteiger partial charge on any atom is -0.314 e. The van der Waals surface area contributed by atoms with Crippen LogP contribution in [-0.2, 0) is 12.5 Å². The Morgan fingerprint density at radius 1 is 1.56 bits per heavy atom. The van der Waals surface area contributed by atoms with Gasteiger partial charge in [0.15, 0.2) is 0 Å². The Balaban J connectivity index is 2.85. The van der Waals surface area contributed by atoms with Crippen LogP contribution in [0.4, 0.5) is 0 Å². The number of aromatic nitrogens is 2. The fraction of sp³-hybridized carbons (Fsp3) is 0.750. The topological polar surface area (TPSA) is 29.9 Å². The van der Waals surface area contributed by atoms with Gasteiger partial charge >= 0.3 is 0 Å². The van der Waals surface area contributed by atoms with E-state index in [2.05, 4.69) is 38.1 Å². The average molecular weight is 244 g/mol. The Hall–Kier alpha value is -0.540. The SMILES string of the molecule is CCNC(C)CC(C)(C)c1c(Cl)cnn1C. The zero-order valence-electron chi connectivity index (χ0n) is 10.8. The minimum absolute atomic E-state index is 0.0317. The van der Waals surface area contributed by atoms with E-state index in [1.807, 2.05) is 11.7 Å². The quantitative estimate of drug-likeness (QED) is 0.862. The summed E-state index contributed by atoms with van der Waals surface area (Å²) in [4.78, 5) is 0. The van der Waals surface area contributed by atoms with Crippen LogP contribution < -0.4 is 5.32 Å². The van der Waals surface area contributed by atoms with Crippen LogP contribution in [0.5, 0.6) is 0 Å². The summed E-state index contributed by atoms with van der Waals surface area (Å²) < 4.78 is 1.88. The molecule has 16 heavy (non-hydrogen) atoms. The van der Waals surface area contributed by atoms with Gasteiger partial charge in [-0.3, -0.25) is 4.68 Å². The van der Waals surface area contributed by atoms with Gasteiger partial charge in [0, 0.05) is 18.5 Å². The van der Waals surface area contributed by atoms with Gasteiger partial charge in [-0.1, -0.05) is 32.4 Å². The third kappa shape index (κ3) is 2.98. The van der Waals surface area contributed by atoms with E-state index in [1.165, 1.54) is 0 Å². The summed E-state index contributed by atoms with van der Waals surface area (Å²) in [6.07, 6.45) is 2.76. The summed E-state index contributed by atoms with van der Waals surface area (Å²) in [6, 6.07) is 0.478. The van der Waals surface area contributed by atoms with Crippen molar-refractivity contribution in [1.82, 2.24) is 15.1 Å². The molecule has 1 aromatic heterocycles. The molecule has 1 aromatic rings. The van der Waals surface area contributed by atoms with Crippen molar-refractivity contribution in [2.45, 2.75) is 45.6 Å². The lowest BCUT2D eigenvalue weighted by atomic mass is 9.82. The van der Waals surface area contributed by atoms with Gasteiger partial charge in [0.2, 0.25) is 0 Å². The number of nitrogens with zero attached hydrogens (tertiary/aromatic N) is 2. The molecule has 3 nitrogen and oxygen atoms in total. The lowest BCUT2D eigenvalue weighted by Crippen LogP contribution is -2.34. The number of hydrogen-bond acceptors (Lipinski definition) is 2. The van der Waals surface area contributed by atoms with Gasteiger partial charge in [-0.25, -0.2) is 0 Å². The second-order valence-electron chi connectivity index (χ2n) is 5.01. The highest BCUT2D eigenvalue weighted by molar-refractivity contribution is 6.31. The van der Waals surface area contributed by atoms with Gasteiger partial charge in [-0.2, -0.15) is 5.10 Å². The smallest absolute Gasteiger partial charge is 0.0823 e. The number of nitrogens with one attached hydrogen (secondary N) is 1. The highest BCUT2D eigenvalue weighted by Gasteiger charge is 2.28. The van der Waals surface area contributed by atoms with E-state index in [-0.39, 0.29) is 5.41 Å². The maximum Gasteiger partial charge on any atom is 0.0823 e. The lowest BCUT2D eigenvalue weighted by molar-refractivity contribution is 0.374. The Bertz CT molecular complexity index is 325. The maximum atomic E-state index is 6.19. The molecule has 0 aliphatic heterocycles. The molecule has 1 atom stereocenters. The highest BCUT2D eigenvalue weighted by Crippen LogP contribution is 2.32. The van der Waals surface area contributed by atoms with Crippen LogP contribution in [-0.4, -0.2) is 22.4 Å². The molecular formula is C12H22ClN3. The Labute approximate surface area is 103 Å². The van der Waals surface area contributed by atoms with Crippen molar-refractivity contribution in [3.63, 3.8) is 0 Å². The van der Waals surface area contributed by atoms with Crippen LogP contribution in [0.2, 0.25) is 5.02 Å². The van der Waals surface area contributed by atoms with Crippen LogP contribution in [0.3, 0.4) is 0 Å². The van der Waals surface area contributed by atoms with Crippen LogP contribution in [0.25, 0.3) is 0 Å².